The Kier molecular flexibility index (Phi) is 5.89. The van der Waals surface area contributed by atoms with Crippen LogP contribution >= 0.6 is 11.3 Å². The largest absolute Gasteiger partial charge is 0.487 e. The van der Waals surface area contributed by atoms with Crippen molar-refractivity contribution in [3.8, 4) is 5.75 Å². The monoisotopic (exact) mass is 435 g/mol. The third-order valence-corrected chi connectivity index (χ3v) is 8.05. The van der Waals surface area contributed by atoms with Gasteiger partial charge in [-0.25, -0.2) is 13.4 Å². The molecule has 0 spiro atoms. The zero-order valence-corrected chi connectivity index (χ0v) is 18.0. The number of carbonyl (C=O) groups excluding carboxylic acids is 1. The molecule has 0 aliphatic carbocycles. The van der Waals surface area contributed by atoms with Crippen molar-refractivity contribution in [1.82, 2.24) is 14.8 Å². The second kappa shape index (κ2) is 8.41. The molecule has 2 saturated heterocycles. The van der Waals surface area contributed by atoms with Crippen molar-refractivity contribution in [2.45, 2.75) is 26.0 Å². The van der Waals surface area contributed by atoms with Crippen LogP contribution in [0.2, 0.25) is 0 Å². The van der Waals surface area contributed by atoms with Gasteiger partial charge in [0.05, 0.1) is 22.2 Å². The molecule has 1 atom stereocenters. The van der Waals surface area contributed by atoms with Crippen LogP contribution in [0.1, 0.15) is 27.5 Å². The third-order valence-electron chi connectivity index (χ3n) is 5.48. The van der Waals surface area contributed by atoms with Gasteiger partial charge in [0.2, 0.25) is 0 Å². The molecule has 7 nitrogen and oxygen atoms in total. The smallest absolute Gasteiger partial charge is 0.253 e. The van der Waals surface area contributed by atoms with Crippen LogP contribution in [0.25, 0.3) is 0 Å². The molecular formula is C20H25N3O4S2. The number of piperazine rings is 1. The second-order valence-corrected chi connectivity index (χ2v) is 10.8. The van der Waals surface area contributed by atoms with Gasteiger partial charge in [-0.2, -0.15) is 0 Å². The number of hydrogen-bond donors (Lipinski definition) is 0. The van der Waals surface area contributed by atoms with Crippen molar-refractivity contribution < 1.29 is 17.9 Å². The molecule has 2 aromatic rings. The second-order valence-electron chi connectivity index (χ2n) is 7.56. The normalized spacial score (nSPS) is 22.0. The summed E-state index contributed by atoms with van der Waals surface area (Å²) in [5.74, 6) is 1.25. The Morgan fingerprint density at radius 3 is 2.52 bits per heavy atom. The van der Waals surface area contributed by atoms with Crippen molar-refractivity contribution in [3.63, 3.8) is 0 Å². The summed E-state index contributed by atoms with van der Waals surface area (Å²) >= 11 is 1.60. The molecular weight excluding hydrogens is 410 g/mol. The van der Waals surface area contributed by atoms with E-state index < -0.39 is 9.84 Å². The number of thiazole rings is 1. The van der Waals surface area contributed by atoms with Crippen LogP contribution in [0, 0.1) is 6.92 Å². The number of ether oxygens (including phenoxy) is 1. The maximum absolute atomic E-state index is 12.8. The Morgan fingerprint density at radius 1 is 1.21 bits per heavy atom. The summed E-state index contributed by atoms with van der Waals surface area (Å²) in [6, 6.07) is 7.31. The first-order chi connectivity index (χ1) is 13.9. The predicted molar refractivity (Wildman–Crippen MR) is 112 cm³/mol. The fraction of sp³-hybridized carbons (Fsp3) is 0.500. The van der Waals surface area contributed by atoms with E-state index in [-0.39, 0.29) is 23.5 Å². The molecule has 0 saturated carbocycles. The number of aryl methyl sites for hydroxylation is 1. The molecule has 9 heteroatoms. The van der Waals surface area contributed by atoms with Gasteiger partial charge in [0.1, 0.15) is 12.4 Å². The van der Waals surface area contributed by atoms with Crippen LogP contribution in [0.5, 0.6) is 5.75 Å². The van der Waals surface area contributed by atoms with Crippen molar-refractivity contribution in [1.29, 1.82) is 0 Å². The first-order valence-electron chi connectivity index (χ1n) is 9.77. The zero-order chi connectivity index (χ0) is 20.4. The molecule has 2 fully saturated rings. The van der Waals surface area contributed by atoms with Gasteiger partial charge in [-0.05, 0) is 37.6 Å². The summed E-state index contributed by atoms with van der Waals surface area (Å²) in [7, 11) is -2.88. The summed E-state index contributed by atoms with van der Waals surface area (Å²) in [4.78, 5) is 21.2. The Hall–Kier alpha value is -1.97. The van der Waals surface area contributed by atoms with Crippen molar-refractivity contribution in [2.75, 3.05) is 37.7 Å². The van der Waals surface area contributed by atoms with Crippen LogP contribution in [-0.2, 0) is 16.4 Å². The average Bonchev–Trinajstić information content (AvgIpc) is 3.31. The lowest BCUT2D eigenvalue weighted by molar-refractivity contribution is 0.0588. The first kappa shape index (κ1) is 20.3. The number of amides is 1. The zero-order valence-electron chi connectivity index (χ0n) is 16.4. The van der Waals surface area contributed by atoms with E-state index in [1.165, 1.54) is 0 Å². The van der Waals surface area contributed by atoms with Crippen molar-refractivity contribution in [2.24, 2.45) is 0 Å². The highest BCUT2D eigenvalue weighted by molar-refractivity contribution is 7.91. The highest BCUT2D eigenvalue weighted by Crippen LogP contribution is 2.21. The van der Waals surface area contributed by atoms with E-state index in [2.05, 4.69) is 9.88 Å². The van der Waals surface area contributed by atoms with Crippen molar-refractivity contribution in [3.05, 3.63) is 45.9 Å². The number of hydrogen-bond acceptors (Lipinski definition) is 7. The molecule has 0 bridgehead atoms. The van der Waals surface area contributed by atoms with Gasteiger partial charge >= 0.3 is 0 Å². The average molecular weight is 436 g/mol. The lowest BCUT2D eigenvalue weighted by atomic mass is 10.1. The highest BCUT2D eigenvalue weighted by Gasteiger charge is 2.34. The van der Waals surface area contributed by atoms with E-state index in [0.29, 0.717) is 37.4 Å². The molecule has 0 unspecified atom stereocenters. The van der Waals surface area contributed by atoms with Crippen molar-refractivity contribution >= 4 is 27.1 Å². The highest BCUT2D eigenvalue weighted by atomic mass is 32.2. The molecule has 2 aliphatic heterocycles. The van der Waals surface area contributed by atoms with E-state index >= 15 is 0 Å². The standard InChI is InChI=1S/C20H25N3O4S2/c1-15-21-17(13-28-15)12-27-19-4-2-16(3-5-19)20(24)23-9-7-22(8-10-23)18-6-11-29(25,26)14-18/h2-5,13,18H,6-12,14H2,1H3/t18-/m1/s1. The summed E-state index contributed by atoms with van der Waals surface area (Å²) < 4.78 is 29.1. The van der Waals surface area contributed by atoms with Gasteiger partial charge in [-0.3, -0.25) is 9.69 Å². The Morgan fingerprint density at radius 2 is 1.93 bits per heavy atom. The molecule has 3 heterocycles. The molecule has 1 aromatic heterocycles. The van der Waals surface area contributed by atoms with Crippen LogP contribution in [0.15, 0.2) is 29.6 Å². The molecule has 0 radical (unpaired) electrons. The Bertz CT molecular complexity index is 964. The van der Waals surface area contributed by atoms with Gasteiger partial charge in [0.25, 0.3) is 5.91 Å². The van der Waals surface area contributed by atoms with Gasteiger partial charge in [0, 0.05) is 43.2 Å². The van der Waals surface area contributed by atoms with E-state index in [0.717, 1.165) is 23.8 Å². The predicted octanol–water partition coefficient (Wildman–Crippen LogP) is 1.98. The van der Waals surface area contributed by atoms with Gasteiger partial charge < -0.3 is 9.64 Å². The van der Waals surface area contributed by atoms with E-state index in [4.69, 9.17) is 4.74 Å². The lowest BCUT2D eigenvalue weighted by Gasteiger charge is -2.37. The Labute approximate surface area is 175 Å². The number of nitrogens with zero attached hydrogens (tertiary/aromatic N) is 3. The minimum absolute atomic E-state index is 0.00497. The van der Waals surface area contributed by atoms with Crippen LogP contribution in [0.3, 0.4) is 0 Å². The van der Waals surface area contributed by atoms with Crippen LogP contribution < -0.4 is 4.74 Å². The summed E-state index contributed by atoms with van der Waals surface area (Å²) in [5, 5.41) is 2.99. The van der Waals surface area contributed by atoms with Gasteiger partial charge in [0.15, 0.2) is 9.84 Å². The molecule has 29 heavy (non-hydrogen) atoms. The summed E-state index contributed by atoms with van der Waals surface area (Å²) in [6.07, 6.45) is 0.707. The first-order valence-corrected chi connectivity index (χ1v) is 12.5. The van der Waals surface area contributed by atoms with E-state index in [1.807, 2.05) is 29.3 Å². The lowest BCUT2D eigenvalue weighted by Crippen LogP contribution is -2.52. The maximum Gasteiger partial charge on any atom is 0.253 e. The molecule has 0 N–H and O–H groups in total. The Balaban J connectivity index is 1.28. The van der Waals surface area contributed by atoms with Gasteiger partial charge in [-0.1, -0.05) is 0 Å². The third kappa shape index (κ3) is 4.96. The van der Waals surface area contributed by atoms with E-state index in [9.17, 15) is 13.2 Å². The van der Waals surface area contributed by atoms with Crippen LogP contribution in [-0.4, -0.2) is 72.8 Å². The van der Waals surface area contributed by atoms with E-state index in [1.54, 1.807) is 23.5 Å². The molecule has 156 valence electrons. The number of sulfone groups is 1. The number of carbonyl (C=O) groups is 1. The molecule has 1 amide bonds. The SMILES string of the molecule is Cc1nc(COc2ccc(C(=O)N3CCN([C@@H]4CCS(=O)(=O)C4)CC3)cc2)cs1. The number of aromatic nitrogens is 1. The summed E-state index contributed by atoms with van der Waals surface area (Å²) in [6.45, 7) is 5.06. The molecule has 4 rings (SSSR count). The minimum Gasteiger partial charge on any atom is -0.487 e. The van der Waals surface area contributed by atoms with Crippen LogP contribution in [0.4, 0.5) is 0 Å². The fourth-order valence-electron chi connectivity index (χ4n) is 3.86. The topological polar surface area (TPSA) is 79.8 Å². The summed E-state index contributed by atoms with van der Waals surface area (Å²) in [5.41, 5.74) is 1.54. The fourth-order valence-corrected chi connectivity index (χ4v) is 6.22. The van der Waals surface area contributed by atoms with Gasteiger partial charge in [-0.15, -0.1) is 11.3 Å². The molecule has 2 aliphatic rings. The minimum atomic E-state index is -2.88. The quantitative estimate of drug-likeness (QED) is 0.715. The molecule has 1 aromatic carbocycles. The number of rotatable bonds is 5. The number of benzene rings is 1. The maximum atomic E-state index is 12.8.